The Bertz CT molecular complexity index is 503. The first-order valence-electron chi connectivity index (χ1n) is 6.37. The maximum atomic E-state index is 6.10. The fourth-order valence-corrected chi connectivity index (χ4v) is 2.86. The molecule has 2 aromatic carbocycles. The van der Waals surface area contributed by atoms with Crippen molar-refractivity contribution in [1.82, 2.24) is 0 Å². The monoisotopic (exact) mass is 235 g/mol. The smallest absolute Gasteiger partial charge is 0.0400 e. The Morgan fingerprint density at radius 3 is 1.72 bits per heavy atom. The van der Waals surface area contributed by atoms with Crippen LogP contribution in [0.1, 0.15) is 17.5 Å². The first-order chi connectivity index (χ1) is 8.81. The quantitative estimate of drug-likeness (QED) is 0.794. The molecule has 1 unspecified atom stereocenters. The first kappa shape index (κ1) is 11.2. The van der Waals surface area contributed by atoms with E-state index < -0.39 is 0 Å². The Labute approximate surface area is 108 Å². The topological polar surface area (TPSA) is 26.0 Å². The Kier molecular flexibility index (Phi) is 2.77. The minimum Gasteiger partial charge on any atom is -0.324 e. The van der Waals surface area contributed by atoms with Crippen LogP contribution < -0.4 is 5.73 Å². The summed E-state index contributed by atoms with van der Waals surface area (Å²) in [7, 11) is 0. The molecule has 0 heterocycles. The summed E-state index contributed by atoms with van der Waals surface area (Å²) < 4.78 is 0. The summed E-state index contributed by atoms with van der Waals surface area (Å²) in [4.78, 5) is 0. The molecule has 0 fully saturated rings. The van der Waals surface area contributed by atoms with Crippen LogP contribution in [0.15, 0.2) is 72.8 Å². The Morgan fingerprint density at radius 1 is 0.833 bits per heavy atom. The van der Waals surface area contributed by atoms with Crippen LogP contribution in [0.5, 0.6) is 0 Å². The molecule has 2 N–H and O–H groups in total. The first-order valence-corrected chi connectivity index (χ1v) is 6.37. The van der Waals surface area contributed by atoms with Crippen LogP contribution in [0.4, 0.5) is 0 Å². The highest BCUT2D eigenvalue weighted by Crippen LogP contribution is 2.41. The van der Waals surface area contributed by atoms with Crippen molar-refractivity contribution < 1.29 is 0 Å². The van der Waals surface area contributed by atoms with Crippen molar-refractivity contribution in [3.8, 4) is 0 Å². The van der Waals surface area contributed by atoms with Gasteiger partial charge in [0.15, 0.2) is 0 Å². The van der Waals surface area contributed by atoms with Gasteiger partial charge in [0.25, 0.3) is 0 Å². The van der Waals surface area contributed by atoms with Gasteiger partial charge in [-0.15, -0.1) is 0 Å². The number of rotatable bonds is 2. The predicted molar refractivity (Wildman–Crippen MR) is 75.4 cm³/mol. The van der Waals surface area contributed by atoms with Crippen molar-refractivity contribution in [2.45, 2.75) is 17.9 Å². The van der Waals surface area contributed by atoms with E-state index >= 15 is 0 Å². The van der Waals surface area contributed by atoms with E-state index in [0.29, 0.717) is 0 Å². The fraction of sp³-hybridized carbons (Fsp3) is 0.176. The highest BCUT2D eigenvalue weighted by molar-refractivity contribution is 5.47. The van der Waals surface area contributed by atoms with E-state index in [2.05, 4.69) is 72.8 Å². The molecule has 0 radical (unpaired) electrons. The molecule has 90 valence electrons. The van der Waals surface area contributed by atoms with Crippen LogP contribution in [-0.4, -0.2) is 6.04 Å². The molecule has 0 saturated carbocycles. The number of allylic oxidation sites excluding steroid dienone is 1. The highest BCUT2D eigenvalue weighted by atomic mass is 14.6. The van der Waals surface area contributed by atoms with E-state index in [1.807, 2.05) is 0 Å². The zero-order valence-electron chi connectivity index (χ0n) is 10.3. The van der Waals surface area contributed by atoms with Gasteiger partial charge in [-0.3, -0.25) is 0 Å². The normalized spacial score (nSPS) is 21.1. The van der Waals surface area contributed by atoms with Crippen LogP contribution in [0.2, 0.25) is 0 Å². The number of nitrogens with two attached hydrogens (primary N) is 1. The average molecular weight is 235 g/mol. The molecule has 1 aliphatic carbocycles. The molecule has 1 nitrogen and oxygen atoms in total. The maximum Gasteiger partial charge on any atom is 0.0400 e. The molecule has 18 heavy (non-hydrogen) atoms. The summed E-state index contributed by atoms with van der Waals surface area (Å²) in [6.07, 6.45) is 5.34. The van der Waals surface area contributed by atoms with Crippen LogP contribution in [0.3, 0.4) is 0 Å². The lowest BCUT2D eigenvalue weighted by atomic mass is 9.74. The lowest BCUT2D eigenvalue weighted by Gasteiger charge is -2.29. The molecule has 0 amide bonds. The van der Waals surface area contributed by atoms with Crippen molar-refractivity contribution >= 4 is 0 Å². The van der Waals surface area contributed by atoms with E-state index in [9.17, 15) is 0 Å². The van der Waals surface area contributed by atoms with Gasteiger partial charge in [0.05, 0.1) is 0 Å². The third-order valence-electron chi connectivity index (χ3n) is 3.76. The third-order valence-corrected chi connectivity index (χ3v) is 3.76. The van der Waals surface area contributed by atoms with Gasteiger partial charge in [-0.05, 0) is 17.5 Å². The SMILES string of the molecule is NC1C=CC(c2ccccc2)(c2ccccc2)C1. The van der Waals surface area contributed by atoms with E-state index in [4.69, 9.17) is 5.73 Å². The van der Waals surface area contributed by atoms with E-state index in [-0.39, 0.29) is 11.5 Å². The van der Waals surface area contributed by atoms with Crippen molar-refractivity contribution in [3.05, 3.63) is 83.9 Å². The molecular formula is C17H17N. The standard InChI is InChI=1S/C17H17N/c18-16-11-12-17(13-16,14-7-3-1-4-8-14)15-9-5-2-6-10-15/h1-12,16H,13,18H2. The fourth-order valence-electron chi connectivity index (χ4n) is 2.86. The van der Waals surface area contributed by atoms with Crippen molar-refractivity contribution in [2.75, 3.05) is 0 Å². The summed E-state index contributed by atoms with van der Waals surface area (Å²) in [5.74, 6) is 0. The van der Waals surface area contributed by atoms with Gasteiger partial charge in [-0.1, -0.05) is 72.8 Å². The van der Waals surface area contributed by atoms with E-state index in [0.717, 1.165) is 6.42 Å². The Balaban J connectivity index is 2.15. The second kappa shape index (κ2) is 4.43. The molecule has 0 aromatic heterocycles. The van der Waals surface area contributed by atoms with Gasteiger partial charge >= 0.3 is 0 Å². The molecule has 0 spiro atoms. The van der Waals surface area contributed by atoms with Crippen molar-refractivity contribution in [2.24, 2.45) is 5.73 Å². The van der Waals surface area contributed by atoms with Crippen LogP contribution >= 0.6 is 0 Å². The van der Waals surface area contributed by atoms with Crippen LogP contribution in [-0.2, 0) is 5.41 Å². The van der Waals surface area contributed by atoms with Crippen LogP contribution in [0.25, 0.3) is 0 Å². The van der Waals surface area contributed by atoms with Crippen LogP contribution in [0, 0.1) is 0 Å². The molecule has 1 atom stereocenters. The second-order valence-corrected chi connectivity index (χ2v) is 4.93. The number of hydrogen-bond donors (Lipinski definition) is 1. The van der Waals surface area contributed by atoms with E-state index in [1.165, 1.54) is 11.1 Å². The summed E-state index contributed by atoms with van der Waals surface area (Å²) in [6.45, 7) is 0. The minimum absolute atomic E-state index is 0.0536. The Morgan fingerprint density at radius 2 is 1.33 bits per heavy atom. The number of hydrogen-bond acceptors (Lipinski definition) is 1. The number of benzene rings is 2. The molecule has 1 aliphatic rings. The second-order valence-electron chi connectivity index (χ2n) is 4.93. The van der Waals surface area contributed by atoms with Gasteiger partial charge in [0.2, 0.25) is 0 Å². The molecule has 3 rings (SSSR count). The van der Waals surface area contributed by atoms with Crippen molar-refractivity contribution in [3.63, 3.8) is 0 Å². The molecule has 1 heteroatoms. The summed E-state index contributed by atoms with van der Waals surface area (Å²) in [6, 6.07) is 21.4. The summed E-state index contributed by atoms with van der Waals surface area (Å²) in [5, 5.41) is 0. The van der Waals surface area contributed by atoms with Gasteiger partial charge in [-0.25, -0.2) is 0 Å². The summed E-state index contributed by atoms with van der Waals surface area (Å²) in [5.41, 5.74) is 8.68. The van der Waals surface area contributed by atoms with E-state index in [1.54, 1.807) is 0 Å². The summed E-state index contributed by atoms with van der Waals surface area (Å²) >= 11 is 0. The minimum atomic E-state index is -0.0536. The lowest BCUT2D eigenvalue weighted by Crippen LogP contribution is -2.28. The molecular weight excluding hydrogens is 218 g/mol. The highest BCUT2D eigenvalue weighted by Gasteiger charge is 2.36. The largest absolute Gasteiger partial charge is 0.324 e. The molecule has 0 saturated heterocycles. The zero-order valence-corrected chi connectivity index (χ0v) is 10.3. The van der Waals surface area contributed by atoms with Gasteiger partial charge in [-0.2, -0.15) is 0 Å². The predicted octanol–water partition coefficient (Wildman–Crippen LogP) is 3.26. The lowest BCUT2D eigenvalue weighted by molar-refractivity contribution is 0.581. The maximum absolute atomic E-state index is 6.10. The Hall–Kier alpha value is -1.86. The molecule has 0 aliphatic heterocycles. The molecule has 2 aromatic rings. The van der Waals surface area contributed by atoms with Gasteiger partial charge in [0.1, 0.15) is 0 Å². The average Bonchev–Trinajstić information content (AvgIpc) is 2.84. The zero-order chi connectivity index (χ0) is 12.4. The third kappa shape index (κ3) is 1.77. The van der Waals surface area contributed by atoms with Gasteiger partial charge in [0, 0.05) is 11.5 Å². The van der Waals surface area contributed by atoms with Gasteiger partial charge < -0.3 is 5.73 Å². The molecule has 0 bridgehead atoms. The van der Waals surface area contributed by atoms with Crippen molar-refractivity contribution in [1.29, 1.82) is 0 Å².